The van der Waals surface area contributed by atoms with Crippen molar-refractivity contribution < 1.29 is 14.7 Å². The number of carbonyl (C=O) groups is 2. The van der Waals surface area contributed by atoms with Crippen LogP contribution in [0.5, 0.6) is 0 Å². The number of carboxylic acids is 1. The summed E-state index contributed by atoms with van der Waals surface area (Å²) in [6.45, 7) is 0.705. The molecule has 0 aromatic heterocycles. The molecule has 13 heavy (non-hydrogen) atoms. The van der Waals surface area contributed by atoms with Gasteiger partial charge in [0.25, 0.3) is 0 Å². The number of carbonyl (C=O) groups excluding carboxylic acids is 1. The molecule has 0 bridgehead atoms. The molecule has 1 saturated heterocycles. The first-order valence-electron chi connectivity index (χ1n) is 4.36. The van der Waals surface area contributed by atoms with Crippen LogP contribution in [0.25, 0.3) is 0 Å². The molecule has 5 heteroatoms. The summed E-state index contributed by atoms with van der Waals surface area (Å²) in [5, 5.41) is 8.83. The number of piperidine rings is 1. The normalized spacial score (nSPS) is 24.2. The van der Waals surface area contributed by atoms with Crippen LogP contribution in [-0.2, 0) is 9.59 Å². The summed E-state index contributed by atoms with van der Waals surface area (Å²) in [5.41, 5.74) is 5.01. The van der Waals surface area contributed by atoms with E-state index < -0.39 is 17.9 Å². The topological polar surface area (TPSA) is 83.6 Å². The zero-order valence-corrected chi connectivity index (χ0v) is 7.40. The molecule has 3 N–H and O–H groups in total. The second-order valence-corrected chi connectivity index (χ2v) is 3.29. The smallest absolute Gasteiger partial charge is 0.320 e. The molecule has 1 aliphatic rings. The zero-order chi connectivity index (χ0) is 9.84. The summed E-state index contributed by atoms with van der Waals surface area (Å²) in [6.07, 6.45) is 2.46. The van der Waals surface area contributed by atoms with E-state index in [0.29, 0.717) is 13.0 Å². The van der Waals surface area contributed by atoms with Crippen molar-refractivity contribution in [2.75, 3.05) is 13.1 Å². The molecule has 0 saturated carbocycles. The number of amides is 1. The monoisotopic (exact) mass is 186 g/mol. The van der Waals surface area contributed by atoms with Gasteiger partial charge in [0.1, 0.15) is 6.04 Å². The Morgan fingerprint density at radius 2 is 2.15 bits per heavy atom. The van der Waals surface area contributed by atoms with Gasteiger partial charge >= 0.3 is 5.97 Å². The molecule has 1 unspecified atom stereocenters. The van der Waals surface area contributed by atoms with Gasteiger partial charge in [-0.2, -0.15) is 0 Å². The van der Waals surface area contributed by atoms with E-state index in [-0.39, 0.29) is 6.54 Å². The quantitative estimate of drug-likeness (QED) is 0.617. The van der Waals surface area contributed by atoms with Gasteiger partial charge in [0.05, 0.1) is 6.54 Å². The number of aliphatic carboxylic acids is 1. The Kier molecular flexibility index (Phi) is 3.25. The van der Waals surface area contributed by atoms with Gasteiger partial charge in [0.15, 0.2) is 0 Å². The highest BCUT2D eigenvalue weighted by Crippen LogP contribution is 2.16. The maximum absolute atomic E-state index is 10.8. The Morgan fingerprint density at radius 1 is 1.46 bits per heavy atom. The Balaban J connectivity index is 2.56. The van der Waals surface area contributed by atoms with Crippen LogP contribution in [0.1, 0.15) is 19.3 Å². The van der Waals surface area contributed by atoms with Crippen molar-refractivity contribution in [3.8, 4) is 0 Å². The Hall–Kier alpha value is -1.10. The highest BCUT2D eigenvalue weighted by Gasteiger charge is 2.28. The number of nitrogens with zero attached hydrogens (tertiary/aromatic N) is 1. The van der Waals surface area contributed by atoms with Crippen LogP contribution in [0.4, 0.5) is 0 Å². The minimum atomic E-state index is -0.860. The lowest BCUT2D eigenvalue weighted by atomic mass is 10.0. The number of primary amides is 1. The van der Waals surface area contributed by atoms with E-state index in [2.05, 4.69) is 0 Å². The van der Waals surface area contributed by atoms with Gasteiger partial charge in [-0.1, -0.05) is 6.42 Å². The number of likely N-dealkylation sites (tertiary alicyclic amines) is 1. The van der Waals surface area contributed by atoms with Gasteiger partial charge in [0.2, 0.25) is 5.91 Å². The number of hydrogen-bond acceptors (Lipinski definition) is 3. The molecular weight excluding hydrogens is 172 g/mol. The van der Waals surface area contributed by atoms with Crippen molar-refractivity contribution in [2.24, 2.45) is 5.73 Å². The van der Waals surface area contributed by atoms with Gasteiger partial charge in [-0.3, -0.25) is 14.5 Å². The molecule has 1 heterocycles. The molecule has 0 aromatic carbocycles. The van der Waals surface area contributed by atoms with E-state index in [9.17, 15) is 9.59 Å². The summed E-state index contributed by atoms with van der Waals surface area (Å²) in [6, 6.07) is -0.527. The molecule has 0 spiro atoms. The van der Waals surface area contributed by atoms with Gasteiger partial charge in [0, 0.05) is 0 Å². The third kappa shape index (κ3) is 2.69. The molecule has 1 aliphatic heterocycles. The van der Waals surface area contributed by atoms with Gasteiger partial charge in [-0.25, -0.2) is 0 Å². The lowest BCUT2D eigenvalue weighted by Crippen LogP contribution is -2.48. The fourth-order valence-corrected chi connectivity index (χ4v) is 1.66. The Morgan fingerprint density at radius 3 is 2.69 bits per heavy atom. The van der Waals surface area contributed by atoms with Crippen molar-refractivity contribution in [2.45, 2.75) is 25.3 Å². The first kappa shape index (κ1) is 9.98. The number of hydrogen-bond donors (Lipinski definition) is 2. The summed E-state index contributed by atoms with van der Waals surface area (Å²) < 4.78 is 0. The average molecular weight is 186 g/mol. The van der Waals surface area contributed by atoms with Crippen LogP contribution in [0.2, 0.25) is 0 Å². The van der Waals surface area contributed by atoms with Crippen LogP contribution >= 0.6 is 0 Å². The standard InChI is InChI=1S/C8H14N2O3/c9-7(11)5-10-4-2-1-3-6(10)8(12)13/h6H,1-5H2,(H2,9,11)(H,12,13). The molecule has 74 valence electrons. The van der Waals surface area contributed by atoms with Gasteiger partial charge in [-0.15, -0.1) is 0 Å². The van der Waals surface area contributed by atoms with E-state index in [4.69, 9.17) is 10.8 Å². The first-order valence-corrected chi connectivity index (χ1v) is 4.36. The maximum Gasteiger partial charge on any atom is 0.320 e. The molecule has 0 radical (unpaired) electrons. The Labute approximate surface area is 76.5 Å². The summed E-state index contributed by atoms with van der Waals surface area (Å²) in [5.74, 6) is -1.32. The van der Waals surface area contributed by atoms with E-state index >= 15 is 0 Å². The van der Waals surface area contributed by atoms with Gasteiger partial charge in [-0.05, 0) is 19.4 Å². The molecule has 5 nitrogen and oxygen atoms in total. The lowest BCUT2D eigenvalue weighted by molar-refractivity contribution is -0.145. The second-order valence-electron chi connectivity index (χ2n) is 3.29. The number of rotatable bonds is 3. The minimum Gasteiger partial charge on any atom is -0.480 e. The molecule has 1 amide bonds. The van der Waals surface area contributed by atoms with Crippen molar-refractivity contribution in [3.63, 3.8) is 0 Å². The average Bonchev–Trinajstić information content (AvgIpc) is 2.03. The first-order chi connectivity index (χ1) is 6.11. The van der Waals surface area contributed by atoms with Crippen molar-refractivity contribution in [1.82, 2.24) is 4.90 Å². The maximum atomic E-state index is 10.8. The highest BCUT2D eigenvalue weighted by molar-refractivity contribution is 5.78. The second kappa shape index (κ2) is 4.23. The van der Waals surface area contributed by atoms with E-state index in [1.165, 1.54) is 0 Å². The minimum absolute atomic E-state index is 0.0525. The van der Waals surface area contributed by atoms with Crippen LogP contribution in [-0.4, -0.2) is 41.0 Å². The van der Waals surface area contributed by atoms with E-state index in [1.807, 2.05) is 0 Å². The molecular formula is C8H14N2O3. The summed E-state index contributed by atoms with van der Waals surface area (Å²) in [4.78, 5) is 23.0. The molecule has 0 aromatic rings. The van der Waals surface area contributed by atoms with Crippen LogP contribution in [0.3, 0.4) is 0 Å². The largest absolute Gasteiger partial charge is 0.480 e. The van der Waals surface area contributed by atoms with E-state index in [0.717, 1.165) is 12.8 Å². The fraction of sp³-hybridized carbons (Fsp3) is 0.750. The molecule has 0 aliphatic carbocycles. The molecule has 1 rings (SSSR count). The Bertz CT molecular complexity index is 217. The predicted octanol–water partition coefficient (Wildman–Crippen LogP) is -0.589. The summed E-state index contributed by atoms with van der Waals surface area (Å²) >= 11 is 0. The zero-order valence-electron chi connectivity index (χ0n) is 7.40. The van der Waals surface area contributed by atoms with Crippen LogP contribution in [0.15, 0.2) is 0 Å². The van der Waals surface area contributed by atoms with Gasteiger partial charge < -0.3 is 10.8 Å². The lowest BCUT2D eigenvalue weighted by Gasteiger charge is -2.31. The van der Waals surface area contributed by atoms with Crippen molar-refractivity contribution >= 4 is 11.9 Å². The van der Waals surface area contributed by atoms with Crippen LogP contribution in [0, 0.1) is 0 Å². The van der Waals surface area contributed by atoms with Crippen molar-refractivity contribution in [1.29, 1.82) is 0 Å². The number of nitrogens with two attached hydrogens (primary N) is 1. The third-order valence-electron chi connectivity index (χ3n) is 2.26. The highest BCUT2D eigenvalue weighted by atomic mass is 16.4. The van der Waals surface area contributed by atoms with Crippen molar-refractivity contribution in [3.05, 3.63) is 0 Å². The molecule has 1 atom stereocenters. The summed E-state index contributed by atoms with van der Waals surface area (Å²) in [7, 11) is 0. The fourth-order valence-electron chi connectivity index (χ4n) is 1.66. The van der Waals surface area contributed by atoms with Crippen LogP contribution < -0.4 is 5.73 Å². The SMILES string of the molecule is NC(=O)CN1CCCCC1C(=O)O. The third-order valence-corrected chi connectivity index (χ3v) is 2.26. The number of carboxylic acid groups (broad SMARTS) is 1. The predicted molar refractivity (Wildman–Crippen MR) is 46.0 cm³/mol. The van der Waals surface area contributed by atoms with E-state index in [1.54, 1.807) is 4.90 Å². The molecule has 1 fully saturated rings.